The Bertz CT molecular complexity index is 350. The van der Waals surface area contributed by atoms with Crippen LogP contribution in [0.15, 0.2) is 28.7 Å². The molecule has 0 aromatic heterocycles. The van der Waals surface area contributed by atoms with Gasteiger partial charge in [-0.3, -0.25) is 4.90 Å². The van der Waals surface area contributed by atoms with Crippen LogP contribution in [0.1, 0.15) is 32.8 Å². The highest BCUT2D eigenvalue weighted by Gasteiger charge is 2.29. The minimum atomic E-state index is 0.0542. The molecule has 0 aliphatic rings. The predicted octanol–water partition coefficient (Wildman–Crippen LogP) is 3.44. The Hall–Kier alpha value is -0.380. The van der Waals surface area contributed by atoms with Crippen molar-refractivity contribution in [2.75, 3.05) is 19.6 Å². The molecule has 1 aromatic carbocycles. The second kappa shape index (κ2) is 7.27. The molecule has 102 valence electrons. The van der Waals surface area contributed by atoms with Gasteiger partial charge >= 0.3 is 0 Å². The molecular formula is C15H25BrN2. The second-order valence-electron chi connectivity index (χ2n) is 5.08. The molecule has 0 fully saturated rings. The van der Waals surface area contributed by atoms with Crippen LogP contribution in [-0.4, -0.2) is 30.1 Å². The number of halogens is 1. The van der Waals surface area contributed by atoms with Crippen molar-refractivity contribution in [2.24, 2.45) is 5.73 Å². The summed E-state index contributed by atoms with van der Waals surface area (Å²) in [6.45, 7) is 9.56. The average Bonchev–Trinajstić information content (AvgIpc) is 2.38. The van der Waals surface area contributed by atoms with Gasteiger partial charge in [0.2, 0.25) is 0 Å². The summed E-state index contributed by atoms with van der Waals surface area (Å²) in [5, 5.41) is 0. The molecule has 1 aromatic rings. The van der Waals surface area contributed by atoms with Crippen molar-refractivity contribution in [3.05, 3.63) is 34.3 Å². The van der Waals surface area contributed by atoms with Crippen LogP contribution in [-0.2, 0) is 6.42 Å². The zero-order valence-electron chi connectivity index (χ0n) is 11.7. The molecule has 18 heavy (non-hydrogen) atoms. The van der Waals surface area contributed by atoms with Gasteiger partial charge in [0, 0.05) is 16.6 Å². The van der Waals surface area contributed by atoms with Crippen molar-refractivity contribution in [3.63, 3.8) is 0 Å². The van der Waals surface area contributed by atoms with Crippen molar-refractivity contribution >= 4 is 15.9 Å². The smallest absolute Gasteiger partial charge is 0.0343 e. The van der Waals surface area contributed by atoms with Crippen LogP contribution in [0.3, 0.4) is 0 Å². The average molecular weight is 313 g/mol. The number of nitrogens with two attached hydrogens (primary N) is 1. The Morgan fingerprint density at radius 1 is 1.22 bits per heavy atom. The van der Waals surface area contributed by atoms with Crippen molar-refractivity contribution < 1.29 is 0 Å². The molecule has 1 atom stereocenters. The fourth-order valence-electron chi connectivity index (χ4n) is 2.43. The Kier molecular flexibility index (Phi) is 6.33. The third kappa shape index (κ3) is 4.08. The van der Waals surface area contributed by atoms with Gasteiger partial charge in [0.15, 0.2) is 0 Å². The van der Waals surface area contributed by atoms with Crippen LogP contribution in [0.2, 0.25) is 0 Å². The van der Waals surface area contributed by atoms with Gasteiger partial charge in [0.1, 0.15) is 0 Å². The SMILES string of the molecule is CCCN(CC)C(C)(CN)Cc1ccc(Br)cc1. The molecule has 0 saturated heterocycles. The number of likely N-dealkylation sites (N-methyl/N-ethyl adjacent to an activating group) is 1. The molecule has 3 heteroatoms. The van der Waals surface area contributed by atoms with E-state index in [2.05, 4.69) is 65.9 Å². The fraction of sp³-hybridized carbons (Fsp3) is 0.600. The fourth-order valence-corrected chi connectivity index (χ4v) is 2.70. The summed E-state index contributed by atoms with van der Waals surface area (Å²) in [7, 11) is 0. The third-order valence-corrected chi connectivity index (χ3v) is 4.11. The predicted molar refractivity (Wildman–Crippen MR) is 82.8 cm³/mol. The molecule has 0 amide bonds. The lowest BCUT2D eigenvalue weighted by atomic mass is 9.90. The van der Waals surface area contributed by atoms with Crippen LogP contribution >= 0.6 is 15.9 Å². The van der Waals surface area contributed by atoms with Gasteiger partial charge in [0.05, 0.1) is 0 Å². The Balaban J connectivity index is 2.83. The lowest BCUT2D eigenvalue weighted by Gasteiger charge is -2.40. The van der Waals surface area contributed by atoms with Crippen LogP contribution in [0, 0.1) is 0 Å². The maximum Gasteiger partial charge on any atom is 0.0343 e. The van der Waals surface area contributed by atoms with E-state index in [-0.39, 0.29) is 5.54 Å². The van der Waals surface area contributed by atoms with Gasteiger partial charge in [-0.25, -0.2) is 0 Å². The zero-order valence-corrected chi connectivity index (χ0v) is 13.3. The molecule has 0 radical (unpaired) electrons. The number of hydrogen-bond acceptors (Lipinski definition) is 2. The number of hydrogen-bond donors (Lipinski definition) is 1. The molecule has 2 N–H and O–H groups in total. The van der Waals surface area contributed by atoms with Crippen LogP contribution in [0.25, 0.3) is 0 Å². The zero-order chi connectivity index (χ0) is 13.6. The lowest BCUT2D eigenvalue weighted by Crippen LogP contribution is -2.53. The quantitative estimate of drug-likeness (QED) is 0.835. The molecule has 0 saturated carbocycles. The van der Waals surface area contributed by atoms with E-state index in [0.29, 0.717) is 6.54 Å². The minimum Gasteiger partial charge on any atom is -0.329 e. The summed E-state index contributed by atoms with van der Waals surface area (Å²) in [5.74, 6) is 0. The third-order valence-electron chi connectivity index (χ3n) is 3.58. The largest absolute Gasteiger partial charge is 0.329 e. The van der Waals surface area contributed by atoms with Crippen molar-refractivity contribution in [1.82, 2.24) is 4.90 Å². The van der Waals surface area contributed by atoms with Crippen molar-refractivity contribution in [1.29, 1.82) is 0 Å². The van der Waals surface area contributed by atoms with Crippen LogP contribution in [0.4, 0.5) is 0 Å². The number of benzene rings is 1. The summed E-state index contributed by atoms with van der Waals surface area (Å²) in [5.41, 5.74) is 7.44. The van der Waals surface area contributed by atoms with E-state index < -0.39 is 0 Å². The van der Waals surface area contributed by atoms with Crippen LogP contribution < -0.4 is 5.73 Å². The first-order valence-corrected chi connectivity index (χ1v) is 7.54. The highest BCUT2D eigenvalue weighted by molar-refractivity contribution is 9.10. The molecule has 0 heterocycles. The summed E-state index contributed by atoms with van der Waals surface area (Å²) >= 11 is 3.47. The molecule has 0 bridgehead atoms. The normalized spacial score (nSPS) is 14.8. The molecule has 1 unspecified atom stereocenters. The van der Waals surface area contributed by atoms with Crippen molar-refractivity contribution in [3.8, 4) is 0 Å². The highest BCUT2D eigenvalue weighted by atomic mass is 79.9. The maximum absolute atomic E-state index is 6.04. The van der Waals surface area contributed by atoms with Crippen molar-refractivity contribution in [2.45, 2.75) is 39.2 Å². The summed E-state index contributed by atoms with van der Waals surface area (Å²) in [6, 6.07) is 8.56. The van der Waals surface area contributed by atoms with Gasteiger partial charge in [-0.2, -0.15) is 0 Å². The van der Waals surface area contributed by atoms with Gasteiger partial charge in [-0.15, -0.1) is 0 Å². The molecule has 0 aliphatic heterocycles. The Labute approximate surface area is 120 Å². The summed E-state index contributed by atoms with van der Waals surface area (Å²) < 4.78 is 1.13. The van der Waals surface area contributed by atoms with E-state index in [0.717, 1.165) is 24.0 Å². The van der Waals surface area contributed by atoms with E-state index in [9.17, 15) is 0 Å². The van der Waals surface area contributed by atoms with E-state index in [1.807, 2.05) is 0 Å². The van der Waals surface area contributed by atoms with E-state index in [1.165, 1.54) is 12.0 Å². The van der Waals surface area contributed by atoms with E-state index in [4.69, 9.17) is 5.73 Å². The Morgan fingerprint density at radius 3 is 2.28 bits per heavy atom. The standard InChI is InChI=1S/C15H25BrN2/c1-4-10-18(5-2)15(3,12-17)11-13-6-8-14(16)9-7-13/h6-9H,4-5,10-12,17H2,1-3H3. The molecule has 1 rings (SSSR count). The topological polar surface area (TPSA) is 29.3 Å². The minimum absolute atomic E-state index is 0.0542. The first kappa shape index (κ1) is 15.7. The van der Waals surface area contributed by atoms with E-state index in [1.54, 1.807) is 0 Å². The Morgan fingerprint density at radius 2 is 1.83 bits per heavy atom. The second-order valence-corrected chi connectivity index (χ2v) is 6.00. The highest BCUT2D eigenvalue weighted by Crippen LogP contribution is 2.21. The van der Waals surface area contributed by atoms with Gasteiger partial charge in [-0.1, -0.05) is 41.9 Å². The van der Waals surface area contributed by atoms with Crippen LogP contribution in [0.5, 0.6) is 0 Å². The first-order chi connectivity index (χ1) is 8.55. The maximum atomic E-state index is 6.04. The summed E-state index contributed by atoms with van der Waals surface area (Å²) in [4.78, 5) is 2.50. The van der Waals surface area contributed by atoms with E-state index >= 15 is 0 Å². The monoisotopic (exact) mass is 312 g/mol. The van der Waals surface area contributed by atoms with Gasteiger partial charge in [0.25, 0.3) is 0 Å². The number of nitrogens with zero attached hydrogens (tertiary/aromatic N) is 1. The molecule has 2 nitrogen and oxygen atoms in total. The molecule has 0 spiro atoms. The summed E-state index contributed by atoms with van der Waals surface area (Å²) in [6.07, 6.45) is 2.17. The molecular weight excluding hydrogens is 288 g/mol. The van der Waals surface area contributed by atoms with Gasteiger partial charge < -0.3 is 5.73 Å². The lowest BCUT2D eigenvalue weighted by molar-refractivity contribution is 0.117. The number of rotatable bonds is 7. The first-order valence-electron chi connectivity index (χ1n) is 6.75. The molecule has 0 aliphatic carbocycles. The van der Waals surface area contributed by atoms with Gasteiger partial charge in [-0.05, 0) is 50.6 Å².